The van der Waals surface area contributed by atoms with Gasteiger partial charge >= 0.3 is 0 Å². The van der Waals surface area contributed by atoms with Crippen LogP contribution in [0.1, 0.15) is 32.6 Å². The summed E-state index contributed by atoms with van der Waals surface area (Å²) in [5.41, 5.74) is 1.07. The van der Waals surface area contributed by atoms with Crippen LogP contribution in [0, 0.1) is 11.8 Å². The number of fused-ring (bicyclic) bond motifs is 1. The van der Waals surface area contributed by atoms with Crippen LogP contribution in [0.3, 0.4) is 0 Å². The summed E-state index contributed by atoms with van der Waals surface area (Å²) in [4.78, 5) is 22.1. The third-order valence-electron chi connectivity index (χ3n) is 5.42. The Labute approximate surface area is 147 Å². The molecule has 0 bridgehead atoms. The van der Waals surface area contributed by atoms with Crippen molar-refractivity contribution in [2.24, 2.45) is 11.8 Å². The number of carbonyl (C=O) groups excluding carboxylic acids is 1. The lowest BCUT2D eigenvalue weighted by atomic mass is 9.94. The van der Waals surface area contributed by atoms with Crippen molar-refractivity contribution in [1.82, 2.24) is 9.88 Å². The van der Waals surface area contributed by atoms with Gasteiger partial charge in [0.05, 0.1) is 16.1 Å². The van der Waals surface area contributed by atoms with E-state index in [-0.39, 0.29) is 5.92 Å². The molecule has 0 N–H and O–H groups in total. The maximum Gasteiger partial charge on any atom is 0.227 e. The minimum absolute atomic E-state index is 0.138. The second-order valence-electron chi connectivity index (χ2n) is 7.26. The summed E-state index contributed by atoms with van der Waals surface area (Å²) < 4.78 is 1.23. The quantitative estimate of drug-likeness (QED) is 0.833. The summed E-state index contributed by atoms with van der Waals surface area (Å²) in [5.74, 6) is 1.27. The molecule has 0 radical (unpaired) electrons. The minimum Gasteiger partial charge on any atom is -0.347 e. The van der Waals surface area contributed by atoms with Gasteiger partial charge in [0.2, 0.25) is 5.91 Å². The Morgan fingerprint density at radius 1 is 1.17 bits per heavy atom. The van der Waals surface area contributed by atoms with Crippen molar-refractivity contribution in [2.75, 3.05) is 31.1 Å². The lowest BCUT2D eigenvalue weighted by Crippen LogP contribution is -2.47. The fraction of sp³-hybridized carbons (Fsp3) is 0.579. The zero-order valence-electron chi connectivity index (χ0n) is 14.3. The third kappa shape index (κ3) is 3.14. The Balaban J connectivity index is 1.46. The second kappa shape index (κ2) is 6.71. The molecule has 4 rings (SSSR count). The number of hydrogen-bond donors (Lipinski definition) is 0. The molecule has 5 heteroatoms. The number of thiazole rings is 1. The predicted molar refractivity (Wildman–Crippen MR) is 99.5 cm³/mol. The molecule has 2 saturated heterocycles. The van der Waals surface area contributed by atoms with E-state index in [0.717, 1.165) is 68.4 Å². The summed E-state index contributed by atoms with van der Waals surface area (Å²) in [5, 5.41) is 1.07. The van der Waals surface area contributed by atoms with Crippen LogP contribution >= 0.6 is 11.3 Å². The molecule has 0 saturated carbocycles. The van der Waals surface area contributed by atoms with Crippen LogP contribution in [-0.2, 0) is 4.79 Å². The number of likely N-dealkylation sites (tertiary alicyclic amines) is 1. The number of amides is 1. The Bertz CT molecular complexity index is 687. The van der Waals surface area contributed by atoms with E-state index in [0.29, 0.717) is 5.91 Å². The molecule has 4 nitrogen and oxygen atoms in total. The van der Waals surface area contributed by atoms with Crippen molar-refractivity contribution in [3.05, 3.63) is 24.3 Å². The van der Waals surface area contributed by atoms with Gasteiger partial charge in [-0.1, -0.05) is 30.4 Å². The molecule has 0 aliphatic carbocycles. The normalized spacial score (nSPS) is 23.0. The molecule has 2 fully saturated rings. The van der Waals surface area contributed by atoms with E-state index in [1.54, 1.807) is 11.3 Å². The number of anilines is 1. The molecule has 3 heterocycles. The maximum atomic E-state index is 12.9. The van der Waals surface area contributed by atoms with Gasteiger partial charge in [-0.05, 0) is 43.7 Å². The number of nitrogens with zero attached hydrogens (tertiary/aromatic N) is 3. The van der Waals surface area contributed by atoms with Crippen molar-refractivity contribution >= 4 is 32.6 Å². The van der Waals surface area contributed by atoms with Crippen molar-refractivity contribution < 1.29 is 4.79 Å². The predicted octanol–water partition coefficient (Wildman–Crippen LogP) is 3.77. The van der Waals surface area contributed by atoms with E-state index < -0.39 is 0 Å². The van der Waals surface area contributed by atoms with Gasteiger partial charge < -0.3 is 9.80 Å². The number of carbonyl (C=O) groups is 1. The lowest BCUT2D eigenvalue weighted by molar-refractivity contribution is -0.137. The zero-order chi connectivity index (χ0) is 16.5. The van der Waals surface area contributed by atoms with Crippen LogP contribution in [0.4, 0.5) is 5.13 Å². The highest BCUT2D eigenvalue weighted by atomic mass is 32.1. The molecule has 2 aliphatic rings. The van der Waals surface area contributed by atoms with Crippen LogP contribution in [0.15, 0.2) is 24.3 Å². The maximum absolute atomic E-state index is 12.9. The summed E-state index contributed by atoms with van der Waals surface area (Å²) in [6, 6.07) is 8.28. The Morgan fingerprint density at radius 3 is 2.75 bits per heavy atom. The first kappa shape index (κ1) is 15.9. The van der Waals surface area contributed by atoms with E-state index in [1.807, 2.05) is 6.07 Å². The molecule has 2 aliphatic heterocycles. The summed E-state index contributed by atoms with van der Waals surface area (Å²) >= 11 is 1.74. The SMILES string of the molecule is CC1CCN(C(=O)C2CCCN(c3nc4ccccc4s3)C2)CC1. The average Bonchev–Trinajstić information content (AvgIpc) is 3.06. The molecular weight excluding hydrogens is 318 g/mol. The molecule has 128 valence electrons. The third-order valence-corrected chi connectivity index (χ3v) is 6.52. The van der Waals surface area contributed by atoms with Gasteiger partial charge in [0, 0.05) is 26.2 Å². The number of hydrogen-bond acceptors (Lipinski definition) is 4. The molecule has 24 heavy (non-hydrogen) atoms. The first-order chi connectivity index (χ1) is 11.7. The van der Waals surface area contributed by atoms with Crippen molar-refractivity contribution in [3.63, 3.8) is 0 Å². The van der Waals surface area contributed by atoms with Crippen LogP contribution < -0.4 is 4.90 Å². The number of benzene rings is 1. The Kier molecular flexibility index (Phi) is 4.44. The second-order valence-corrected chi connectivity index (χ2v) is 8.27. The largest absolute Gasteiger partial charge is 0.347 e. The van der Waals surface area contributed by atoms with Gasteiger partial charge in [0.15, 0.2) is 5.13 Å². The monoisotopic (exact) mass is 343 g/mol. The molecule has 1 amide bonds. The van der Waals surface area contributed by atoms with Crippen LogP contribution in [0.2, 0.25) is 0 Å². The molecular formula is C19H25N3OS. The van der Waals surface area contributed by atoms with E-state index >= 15 is 0 Å². The minimum atomic E-state index is 0.138. The molecule has 1 aromatic heterocycles. The van der Waals surface area contributed by atoms with E-state index in [2.05, 4.69) is 34.9 Å². The average molecular weight is 343 g/mol. The highest BCUT2D eigenvalue weighted by Gasteiger charge is 2.31. The topological polar surface area (TPSA) is 36.4 Å². The summed E-state index contributed by atoms with van der Waals surface area (Å²) in [6.07, 6.45) is 4.41. The fourth-order valence-electron chi connectivity index (χ4n) is 3.83. The van der Waals surface area contributed by atoms with Crippen molar-refractivity contribution in [1.29, 1.82) is 0 Å². The van der Waals surface area contributed by atoms with Gasteiger partial charge in [-0.3, -0.25) is 4.79 Å². The van der Waals surface area contributed by atoms with E-state index in [4.69, 9.17) is 4.98 Å². The number of rotatable bonds is 2. The molecule has 2 aromatic rings. The number of piperidine rings is 2. The lowest BCUT2D eigenvalue weighted by Gasteiger charge is -2.37. The van der Waals surface area contributed by atoms with Crippen molar-refractivity contribution in [3.8, 4) is 0 Å². The highest BCUT2D eigenvalue weighted by Crippen LogP contribution is 2.32. The van der Waals surface area contributed by atoms with Gasteiger partial charge in [0.1, 0.15) is 0 Å². The first-order valence-corrected chi connectivity index (χ1v) is 9.91. The molecule has 1 unspecified atom stereocenters. The van der Waals surface area contributed by atoms with Crippen LogP contribution in [0.5, 0.6) is 0 Å². The van der Waals surface area contributed by atoms with E-state index in [1.165, 1.54) is 4.70 Å². The zero-order valence-corrected chi connectivity index (χ0v) is 15.1. The first-order valence-electron chi connectivity index (χ1n) is 9.10. The molecule has 1 aromatic carbocycles. The number of aromatic nitrogens is 1. The summed E-state index contributed by atoms with van der Waals surface area (Å²) in [6.45, 7) is 6.01. The van der Waals surface area contributed by atoms with Gasteiger partial charge in [0.25, 0.3) is 0 Å². The van der Waals surface area contributed by atoms with Gasteiger partial charge in [-0.15, -0.1) is 0 Å². The Morgan fingerprint density at radius 2 is 1.96 bits per heavy atom. The molecule has 1 atom stereocenters. The fourth-order valence-corrected chi connectivity index (χ4v) is 4.84. The number of para-hydroxylation sites is 1. The summed E-state index contributed by atoms with van der Waals surface area (Å²) in [7, 11) is 0. The van der Waals surface area contributed by atoms with Crippen LogP contribution in [0.25, 0.3) is 10.2 Å². The van der Waals surface area contributed by atoms with Gasteiger partial charge in [-0.2, -0.15) is 0 Å². The molecule has 0 spiro atoms. The van der Waals surface area contributed by atoms with Gasteiger partial charge in [-0.25, -0.2) is 4.98 Å². The van der Waals surface area contributed by atoms with E-state index in [9.17, 15) is 4.79 Å². The Hall–Kier alpha value is -1.62. The van der Waals surface area contributed by atoms with Crippen molar-refractivity contribution in [2.45, 2.75) is 32.6 Å². The van der Waals surface area contributed by atoms with Crippen LogP contribution in [-0.4, -0.2) is 42.0 Å². The highest BCUT2D eigenvalue weighted by molar-refractivity contribution is 7.22. The smallest absolute Gasteiger partial charge is 0.227 e. The standard InChI is InChI=1S/C19H25N3OS/c1-14-8-11-21(12-9-14)18(23)15-5-4-10-22(13-15)19-20-16-6-2-3-7-17(16)24-19/h2-3,6-7,14-15H,4-5,8-13H2,1H3.